The number of H-pyrrole nitrogens is 1. The first kappa shape index (κ1) is 19.1. The predicted molar refractivity (Wildman–Crippen MR) is 114 cm³/mol. The summed E-state index contributed by atoms with van der Waals surface area (Å²) in [4.78, 5) is 24.8. The minimum absolute atomic E-state index is 0.0414. The molecular weight excluding hydrogens is 362 g/mol. The molecule has 0 bridgehead atoms. The van der Waals surface area contributed by atoms with Gasteiger partial charge < -0.3 is 9.88 Å². The van der Waals surface area contributed by atoms with E-state index in [-0.39, 0.29) is 5.56 Å². The summed E-state index contributed by atoms with van der Waals surface area (Å²) >= 11 is 3.22. The normalized spacial score (nSPS) is 11.6. The average Bonchev–Trinajstić information content (AvgIpc) is 2.96. The van der Waals surface area contributed by atoms with Gasteiger partial charge in [-0.15, -0.1) is 11.3 Å². The minimum atomic E-state index is -0.0414. The van der Waals surface area contributed by atoms with Crippen LogP contribution in [0.1, 0.15) is 24.3 Å². The molecule has 0 saturated carbocycles. The van der Waals surface area contributed by atoms with Crippen LogP contribution in [-0.4, -0.2) is 40.3 Å². The molecule has 4 nitrogen and oxygen atoms in total. The number of aromatic nitrogens is 2. The zero-order valence-corrected chi connectivity index (χ0v) is 17.4. The van der Waals surface area contributed by atoms with Crippen LogP contribution in [0.15, 0.2) is 34.2 Å². The van der Waals surface area contributed by atoms with Gasteiger partial charge in [0.15, 0.2) is 5.16 Å². The quantitative estimate of drug-likeness (QED) is 0.471. The molecule has 0 amide bonds. The van der Waals surface area contributed by atoms with Gasteiger partial charge in [0.05, 0.1) is 5.39 Å². The lowest BCUT2D eigenvalue weighted by Crippen LogP contribution is -2.25. The maximum atomic E-state index is 12.8. The topological polar surface area (TPSA) is 49.0 Å². The Labute approximate surface area is 162 Å². The predicted octanol–water partition coefficient (Wildman–Crippen LogP) is 4.70. The van der Waals surface area contributed by atoms with Crippen molar-refractivity contribution < 1.29 is 0 Å². The van der Waals surface area contributed by atoms with Crippen molar-refractivity contribution in [2.75, 3.05) is 25.4 Å². The fraction of sp³-hybridized carbons (Fsp3) is 0.400. The molecule has 0 unspecified atom stereocenters. The van der Waals surface area contributed by atoms with Crippen molar-refractivity contribution in [2.45, 2.75) is 32.9 Å². The molecule has 3 aromatic rings. The van der Waals surface area contributed by atoms with Crippen molar-refractivity contribution in [1.82, 2.24) is 14.9 Å². The first-order valence-corrected chi connectivity index (χ1v) is 10.8. The van der Waals surface area contributed by atoms with E-state index < -0.39 is 0 Å². The molecule has 0 aliphatic heterocycles. The molecule has 0 radical (unpaired) electrons. The third kappa shape index (κ3) is 4.03. The van der Waals surface area contributed by atoms with Gasteiger partial charge in [0.1, 0.15) is 4.83 Å². The maximum absolute atomic E-state index is 12.8. The number of benzene rings is 1. The standard InChI is InChI=1S/C20H25N3OS2/c1-5-23(6-2)11-12-25-20-21-18(24)17-16(14(4)26-19(17)22-20)15-9-7-13(3)8-10-15/h7-10H,5-6,11-12H2,1-4H3,(H,21,22,24). The molecule has 138 valence electrons. The van der Waals surface area contributed by atoms with Crippen molar-refractivity contribution in [1.29, 1.82) is 0 Å². The van der Waals surface area contributed by atoms with Crippen molar-refractivity contribution in [3.63, 3.8) is 0 Å². The summed E-state index contributed by atoms with van der Waals surface area (Å²) in [6, 6.07) is 8.32. The third-order valence-corrected chi connectivity index (χ3v) is 6.45. The molecular formula is C20H25N3OS2. The summed E-state index contributed by atoms with van der Waals surface area (Å²) in [5, 5.41) is 1.43. The van der Waals surface area contributed by atoms with Crippen LogP contribution in [-0.2, 0) is 0 Å². The summed E-state index contributed by atoms with van der Waals surface area (Å²) in [5.41, 5.74) is 3.26. The summed E-state index contributed by atoms with van der Waals surface area (Å²) < 4.78 is 0. The summed E-state index contributed by atoms with van der Waals surface area (Å²) in [7, 11) is 0. The van der Waals surface area contributed by atoms with E-state index in [1.807, 2.05) is 0 Å². The van der Waals surface area contributed by atoms with E-state index in [0.29, 0.717) is 10.5 Å². The Kier molecular flexibility index (Phi) is 6.16. The first-order valence-electron chi connectivity index (χ1n) is 8.99. The van der Waals surface area contributed by atoms with Gasteiger partial charge in [0.25, 0.3) is 5.56 Å². The fourth-order valence-electron chi connectivity index (χ4n) is 3.05. The second-order valence-corrected chi connectivity index (χ2v) is 8.61. The van der Waals surface area contributed by atoms with E-state index in [1.54, 1.807) is 23.1 Å². The Morgan fingerprint density at radius 3 is 2.50 bits per heavy atom. The Morgan fingerprint density at radius 1 is 1.15 bits per heavy atom. The zero-order valence-electron chi connectivity index (χ0n) is 15.8. The summed E-state index contributed by atoms with van der Waals surface area (Å²) in [6.07, 6.45) is 0. The van der Waals surface area contributed by atoms with Gasteiger partial charge in [-0.2, -0.15) is 0 Å². The van der Waals surface area contributed by atoms with Crippen LogP contribution in [0, 0.1) is 13.8 Å². The Bertz CT molecular complexity index is 940. The van der Waals surface area contributed by atoms with E-state index in [4.69, 9.17) is 4.98 Å². The lowest BCUT2D eigenvalue weighted by Gasteiger charge is -2.16. The highest BCUT2D eigenvalue weighted by molar-refractivity contribution is 7.99. The number of rotatable bonds is 7. The number of thiophene rings is 1. The van der Waals surface area contributed by atoms with Gasteiger partial charge in [0.2, 0.25) is 0 Å². The molecule has 0 aliphatic carbocycles. The number of aromatic amines is 1. The molecule has 3 rings (SSSR count). The van der Waals surface area contributed by atoms with Gasteiger partial charge in [0, 0.05) is 22.7 Å². The van der Waals surface area contributed by atoms with Gasteiger partial charge in [-0.3, -0.25) is 4.79 Å². The highest BCUT2D eigenvalue weighted by atomic mass is 32.2. The first-order chi connectivity index (χ1) is 12.5. The lowest BCUT2D eigenvalue weighted by molar-refractivity contribution is 0.324. The minimum Gasteiger partial charge on any atom is -0.303 e. The molecule has 0 saturated heterocycles. The van der Waals surface area contributed by atoms with Gasteiger partial charge in [-0.25, -0.2) is 4.98 Å². The van der Waals surface area contributed by atoms with Crippen LogP contribution in [0.5, 0.6) is 0 Å². The van der Waals surface area contributed by atoms with Crippen LogP contribution < -0.4 is 5.56 Å². The third-order valence-electron chi connectivity index (χ3n) is 4.60. The second-order valence-electron chi connectivity index (χ2n) is 6.33. The highest BCUT2D eigenvalue weighted by Gasteiger charge is 2.16. The number of aryl methyl sites for hydroxylation is 2. The highest BCUT2D eigenvalue weighted by Crippen LogP contribution is 2.36. The number of nitrogens with one attached hydrogen (secondary N) is 1. The molecule has 0 atom stereocenters. The number of thioether (sulfide) groups is 1. The lowest BCUT2D eigenvalue weighted by atomic mass is 10.0. The number of fused-ring (bicyclic) bond motifs is 1. The second kappa shape index (κ2) is 8.37. The van der Waals surface area contributed by atoms with Crippen LogP contribution >= 0.6 is 23.1 Å². The van der Waals surface area contributed by atoms with Crippen molar-refractivity contribution in [3.8, 4) is 11.1 Å². The Hall–Kier alpha value is -1.63. The van der Waals surface area contributed by atoms with E-state index in [9.17, 15) is 4.79 Å². The van der Waals surface area contributed by atoms with Gasteiger partial charge in [-0.05, 0) is 32.5 Å². The maximum Gasteiger partial charge on any atom is 0.260 e. The average molecular weight is 388 g/mol. The van der Waals surface area contributed by atoms with Crippen LogP contribution in [0.4, 0.5) is 0 Å². The van der Waals surface area contributed by atoms with Crippen LogP contribution in [0.3, 0.4) is 0 Å². The zero-order chi connectivity index (χ0) is 18.7. The largest absolute Gasteiger partial charge is 0.303 e. The molecule has 0 spiro atoms. The van der Waals surface area contributed by atoms with E-state index in [1.165, 1.54) is 5.56 Å². The van der Waals surface area contributed by atoms with Crippen molar-refractivity contribution >= 4 is 33.3 Å². The van der Waals surface area contributed by atoms with E-state index in [2.05, 4.69) is 61.8 Å². The molecule has 2 heterocycles. The van der Waals surface area contributed by atoms with Crippen molar-refractivity contribution in [3.05, 3.63) is 45.1 Å². The molecule has 1 aromatic carbocycles. The molecule has 2 aromatic heterocycles. The number of hydrogen-bond donors (Lipinski definition) is 1. The molecule has 0 aliphatic rings. The fourth-order valence-corrected chi connectivity index (χ4v) is 5.01. The number of nitrogens with zero attached hydrogens (tertiary/aromatic N) is 2. The molecule has 0 fully saturated rings. The van der Waals surface area contributed by atoms with Crippen molar-refractivity contribution in [2.24, 2.45) is 0 Å². The monoisotopic (exact) mass is 387 g/mol. The van der Waals surface area contributed by atoms with Crippen LogP contribution in [0.2, 0.25) is 0 Å². The molecule has 26 heavy (non-hydrogen) atoms. The van der Waals surface area contributed by atoms with Gasteiger partial charge in [-0.1, -0.05) is 55.4 Å². The Balaban J connectivity index is 1.91. The number of hydrogen-bond acceptors (Lipinski definition) is 5. The summed E-state index contributed by atoms with van der Waals surface area (Å²) in [5.74, 6) is 0.922. The van der Waals surface area contributed by atoms with E-state index in [0.717, 1.165) is 46.2 Å². The van der Waals surface area contributed by atoms with E-state index >= 15 is 0 Å². The smallest absolute Gasteiger partial charge is 0.260 e. The van der Waals surface area contributed by atoms with Crippen LogP contribution in [0.25, 0.3) is 21.3 Å². The molecule has 1 N–H and O–H groups in total. The Morgan fingerprint density at radius 2 is 1.85 bits per heavy atom. The SMILES string of the molecule is CCN(CC)CCSc1nc2sc(C)c(-c3ccc(C)cc3)c2c(=O)[nH]1. The summed E-state index contributed by atoms with van der Waals surface area (Å²) in [6.45, 7) is 11.6. The van der Waals surface area contributed by atoms with Gasteiger partial charge >= 0.3 is 0 Å². The molecule has 6 heteroatoms.